The first-order valence-corrected chi connectivity index (χ1v) is 6.82. The lowest BCUT2D eigenvalue weighted by atomic mass is 10.2. The molecule has 1 aromatic rings. The van der Waals surface area contributed by atoms with E-state index in [1.807, 2.05) is 43.0 Å². The zero-order valence-corrected chi connectivity index (χ0v) is 12.1. The van der Waals surface area contributed by atoms with E-state index in [4.69, 9.17) is 9.84 Å². The van der Waals surface area contributed by atoms with Crippen molar-refractivity contribution in [2.45, 2.75) is 26.4 Å². The number of aryl methyl sites for hydroxylation is 1. The Kier molecular flexibility index (Phi) is 7.04. The van der Waals surface area contributed by atoms with Crippen LogP contribution in [0.4, 0.5) is 5.69 Å². The van der Waals surface area contributed by atoms with Gasteiger partial charge in [-0.1, -0.05) is 17.7 Å². The van der Waals surface area contributed by atoms with Gasteiger partial charge in [-0.05, 0) is 26.0 Å². The molecule has 0 saturated carbocycles. The Hall–Kier alpha value is -1.59. The van der Waals surface area contributed by atoms with E-state index in [-0.39, 0.29) is 13.0 Å². The standard InChI is InChI=1S/C15H23NO4/c1-3-20-11-14(17)10-16(9-8-15(18)19)13-6-4-12(2)5-7-13/h4-7,14,17H,3,8-11H2,1-2H3,(H,18,19). The molecule has 112 valence electrons. The summed E-state index contributed by atoms with van der Waals surface area (Å²) in [7, 11) is 0. The molecule has 0 heterocycles. The quantitative estimate of drug-likeness (QED) is 0.720. The zero-order chi connectivity index (χ0) is 15.0. The summed E-state index contributed by atoms with van der Waals surface area (Å²) in [5.74, 6) is -0.846. The minimum Gasteiger partial charge on any atom is -0.481 e. The highest BCUT2D eigenvalue weighted by atomic mass is 16.5. The van der Waals surface area contributed by atoms with Crippen molar-refractivity contribution in [2.75, 3.05) is 31.2 Å². The molecule has 5 nitrogen and oxygen atoms in total. The van der Waals surface area contributed by atoms with E-state index in [1.54, 1.807) is 0 Å². The molecule has 0 bridgehead atoms. The number of nitrogens with zero attached hydrogens (tertiary/aromatic N) is 1. The monoisotopic (exact) mass is 281 g/mol. The Morgan fingerprint density at radius 1 is 1.35 bits per heavy atom. The predicted octanol–water partition coefficient (Wildman–Crippen LogP) is 1.67. The van der Waals surface area contributed by atoms with Crippen LogP contribution in [0.3, 0.4) is 0 Å². The van der Waals surface area contributed by atoms with Crippen molar-refractivity contribution in [3.05, 3.63) is 29.8 Å². The van der Waals surface area contributed by atoms with Gasteiger partial charge < -0.3 is 19.8 Å². The third kappa shape index (κ3) is 6.04. The average Bonchev–Trinajstić information content (AvgIpc) is 2.42. The van der Waals surface area contributed by atoms with Crippen LogP contribution >= 0.6 is 0 Å². The largest absolute Gasteiger partial charge is 0.481 e. The number of carboxylic acid groups (broad SMARTS) is 1. The highest BCUT2D eigenvalue weighted by Gasteiger charge is 2.14. The molecule has 1 atom stereocenters. The molecular weight excluding hydrogens is 258 g/mol. The zero-order valence-electron chi connectivity index (χ0n) is 12.1. The molecule has 1 unspecified atom stereocenters. The molecule has 0 spiro atoms. The van der Waals surface area contributed by atoms with Gasteiger partial charge in [-0.3, -0.25) is 4.79 Å². The van der Waals surface area contributed by atoms with Gasteiger partial charge in [0.05, 0.1) is 19.1 Å². The molecule has 0 aromatic heterocycles. The van der Waals surface area contributed by atoms with E-state index in [0.717, 1.165) is 11.3 Å². The Balaban J connectivity index is 2.68. The Morgan fingerprint density at radius 3 is 2.55 bits per heavy atom. The Morgan fingerprint density at radius 2 is 2.00 bits per heavy atom. The molecule has 0 aliphatic rings. The second kappa shape index (κ2) is 8.55. The first kappa shape index (κ1) is 16.5. The van der Waals surface area contributed by atoms with Crippen LogP contribution in [0.15, 0.2) is 24.3 Å². The summed E-state index contributed by atoms with van der Waals surface area (Å²) in [6.07, 6.45) is -0.597. The molecule has 1 rings (SSSR count). The fraction of sp³-hybridized carbons (Fsp3) is 0.533. The molecule has 0 aliphatic heterocycles. The third-order valence-electron chi connectivity index (χ3n) is 2.94. The number of aliphatic carboxylic acids is 1. The molecule has 0 radical (unpaired) electrons. The second-order valence-corrected chi connectivity index (χ2v) is 4.74. The highest BCUT2D eigenvalue weighted by molar-refractivity contribution is 5.67. The molecule has 0 fully saturated rings. The van der Waals surface area contributed by atoms with Gasteiger partial charge in [-0.15, -0.1) is 0 Å². The van der Waals surface area contributed by atoms with Gasteiger partial charge in [0, 0.05) is 25.4 Å². The van der Waals surface area contributed by atoms with E-state index in [2.05, 4.69) is 0 Å². The van der Waals surface area contributed by atoms with Gasteiger partial charge in [-0.2, -0.15) is 0 Å². The maximum absolute atomic E-state index is 10.7. The number of hydrogen-bond acceptors (Lipinski definition) is 4. The third-order valence-corrected chi connectivity index (χ3v) is 2.94. The summed E-state index contributed by atoms with van der Waals surface area (Å²) in [5, 5.41) is 18.7. The Bertz CT molecular complexity index is 405. The second-order valence-electron chi connectivity index (χ2n) is 4.74. The van der Waals surface area contributed by atoms with E-state index in [9.17, 15) is 9.90 Å². The molecule has 5 heteroatoms. The van der Waals surface area contributed by atoms with Crippen molar-refractivity contribution < 1.29 is 19.7 Å². The summed E-state index contributed by atoms with van der Waals surface area (Å²) in [4.78, 5) is 12.6. The van der Waals surface area contributed by atoms with E-state index in [0.29, 0.717) is 19.7 Å². The van der Waals surface area contributed by atoms with Gasteiger partial charge in [-0.25, -0.2) is 0 Å². The molecule has 2 N–H and O–H groups in total. The fourth-order valence-corrected chi connectivity index (χ4v) is 1.87. The number of benzene rings is 1. The van der Waals surface area contributed by atoms with Crippen molar-refractivity contribution in [3.63, 3.8) is 0 Å². The number of carboxylic acids is 1. The van der Waals surface area contributed by atoms with Gasteiger partial charge in [0.25, 0.3) is 0 Å². The molecule has 20 heavy (non-hydrogen) atoms. The van der Waals surface area contributed by atoms with Crippen LogP contribution in [-0.4, -0.2) is 48.6 Å². The van der Waals surface area contributed by atoms with Crippen molar-refractivity contribution >= 4 is 11.7 Å². The van der Waals surface area contributed by atoms with Gasteiger partial charge in [0.2, 0.25) is 0 Å². The van der Waals surface area contributed by atoms with Crippen LogP contribution in [0.2, 0.25) is 0 Å². The lowest BCUT2D eigenvalue weighted by Gasteiger charge is -2.27. The first-order chi connectivity index (χ1) is 9.52. The lowest BCUT2D eigenvalue weighted by molar-refractivity contribution is -0.136. The minimum atomic E-state index is -0.846. The number of rotatable bonds is 9. The van der Waals surface area contributed by atoms with Gasteiger partial charge >= 0.3 is 5.97 Å². The van der Waals surface area contributed by atoms with Crippen molar-refractivity contribution in [1.29, 1.82) is 0 Å². The number of carbonyl (C=O) groups is 1. The first-order valence-electron chi connectivity index (χ1n) is 6.82. The number of anilines is 1. The van der Waals surface area contributed by atoms with Crippen LogP contribution in [0.25, 0.3) is 0 Å². The van der Waals surface area contributed by atoms with E-state index in [1.165, 1.54) is 0 Å². The van der Waals surface area contributed by atoms with E-state index < -0.39 is 12.1 Å². The van der Waals surface area contributed by atoms with Crippen molar-refractivity contribution in [2.24, 2.45) is 0 Å². The van der Waals surface area contributed by atoms with Crippen LogP contribution in [0, 0.1) is 6.92 Å². The lowest BCUT2D eigenvalue weighted by Crippen LogP contribution is -2.36. The molecule has 1 aromatic carbocycles. The number of aliphatic hydroxyl groups excluding tert-OH is 1. The average molecular weight is 281 g/mol. The summed E-state index contributed by atoms with van der Waals surface area (Å²) < 4.78 is 5.18. The number of aliphatic hydroxyl groups is 1. The van der Waals surface area contributed by atoms with Crippen LogP contribution in [0.1, 0.15) is 18.9 Å². The van der Waals surface area contributed by atoms with Crippen LogP contribution in [-0.2, 0) is 9.53 Å². The maximum Gasteiger partial charge on any atom is 0.305 e. The summed E-state index contributed by atoms with van der Waals surface area (Å²) in [5.41, 5.74) is 2.05. The topological polar surface area (TPSA) is 70.0 Å². The predicted molar refractivity (Wildman–Crippen MR) is 78.1 cm³/mol. The van der Waals surface area contributed by atoms with Gasteiger partial charge in [0.15, 0.2) is 0 Å². The Labute approximate surface area is 119 Å². The smallest absolute Gasteiger partial charge is 0.305 e. The molecule has 0 amide bonds. The minimum absolute atomic E-state index is 0.0369. The van der Waals surface area contributed by atoms with Crippen molar-refractivity contribution in [3.8, 4) is 0 Å². The SMILES string of the molecule is CCOCC(O)CN(CCC(=O)O)c1ccc(C)cc1. The molecule has 0 aliphatic carbocycles. The van der Waals surface area contributed by atoms with Crippen LogP contribution in [0.5, 0.6) is 0 Å². The summed E-state index contributed by atoms with van der Waals surface area (Å²) in [6, 6.07) is 7.81. The molecular formula is C15H23NO4. The fourth-order valence-electron chi connectivity index (χ4n) is 1.87. The number of hydrogen-bond donors (Lipinski definition) is 2. The van der Waals surface area contributed by atoms with Crippen molar-refractivity contribution in [1.82, 2.24) is 0 Å². The number of ether oxygens (including phenoxy) is 1. The molecule has 0 saturated heterocycles. The van der Waals surface area contributed by atoms with Gasteiger partial charge in [0.1, 0.15) is 0 Å². The summed E-state index contributed by atoms with van der Waals surface area (Å²) >= 11 is 0. The maximum atomic E-state index is 10.7. The summed E-state index contributed by atoms with van der Waals surface area (Å²) in [6.45, 7) is 5.39. The van der Waals surface area contributed by atoms with Crippen LogP contribution < -0.4 is 4.90 Å². The highest BCUT2D eigenvalue weighted by Crippen LogP contribution is 2.16. The normalized spacial score (nSPS) is 12.2. The van der Waals surface area contributed by atoms with E-state index >= 15 is 0 Å².